The van der Waals surface area contributed by atoms with Gasteiger partial charge >= 0.3 is 0 Å². The van der Waals surface area contributed by atoms with Crippen molar-refractivity contribution in [1.82, 2.24) is 19.5 Å². The van der Waals surface area contributed by atoms with Crippen molar-refractivity contribution < 1.29 is 20.1 Å². The molecule has 0 saturated carbocycles. The van der Waals surface area contributed by atoms with Crippen LogP contribution in [-0.2, 0) is 16.6 Å². The van der Waals surface area contributed by atoms with Gasteiger partial charge in [0.15, 0.2) is 23.2 Å². The fourth-order valence-electron chi connectivity index (χ4n) is 5.88. The van der Waals surface area contributed by atoms with Gasteiger partial charge in [0.2, 0.25) is 5.28 Å². The summed E-state index contributed by atoms with van der Waals surface area (Å²) in [5.74, 6) is 0.662. The van der Waals surface area contributed by atoms with Crippen molar-refractivity contribution >= 4 is 28.6 Å². The maximum Gasteiger partial charge on any atom is 0.226 e. The first-order valence-corrected chi connectivity index (χ1v) is 11.7. The van der Waals surface area contributed by atoms with Gasteiger partial charge in [-0.3, -0.25) is 4.57 Å². The monoisotopic (exact) mass is 471 g/mol. The summed E-state index contributed by atoms with van der Waals surface area (Å²) < 4.78 is 7.23. The second-order valence-electron chi connectivity index (χ2n) is 9.33. The topological polar surface area (TPSA) is 117 Å². The summed E-state index contributed by atoms with van der Waals surface area (Å²) in [5, 5.41) is 30.2. The van der Waals surface area contributed by atoms with Gasteiger partial charge in [0.05, 0.1) is 12.9 Å². The third-order valence-corrected chi connectivity index (χ3v) is 7.68. The highest BCUT2D eigenvalue weighted by Crippen LogP contribution is 2.45. The van der Waals surface area contributed by atoms with Crippen molar-refractivity contribution in [3.05, 3.63) is 47.0 Å². The van der Waals surface area contributed by atoms with Crippen LogP contribution >= 0.6 is 11.6 Å². The summed E-state index contributed by atoms with van der Waals surface area (Å²) in [6.45, 7) is 1.25. The van der Waals surface area contributed by atoms with E-state index in [9.17, 15) is 15.3 Å². The molecule has 2 fully saturated rings. The van der Waals surface area contributed by atoms with Gasteiger partial charge in [-0.05, 0) is 48.4 Å². The minimum atomic E-state index is -1.23. The molecule has 2 aliphatic heterocycles. The van der Waals surface area contributed by atoms with E-state index in [0.29, 0.717) is 17.0 Å². The summed E-state index contributed by atoms with van der Waals surface area (Å²) in [7, 11) is 0. The molecule has 174 valence electrons. The Hall–Kier alpha value is -2.30. The number of aryl methyl sites for hydroxylation is 1. The Kier molecular flexibility index (Phi) is 5.08. The third-order valence-electron chi connectivity index (χ3n) is 7.51. The lowest BCUT2D eigenvalue weighted by Crippen LogP contribution is -2.35. The third kappa shape index (κ3) is 3.25. The first kappa shape index (κ1) is 21.2. The van der Waals surface area contributed by atoms with E-state index >= 15 is 0 Å². The van der Waals surface area contributed by atoms with Crippen molar-refractivity contribution in [3.8, 4) is 0 Å². The van der Waals surface area contributed by atoms with Crippen LogP contribution in [0.2, 0.25) is 5.28 Å². The molecule has 3 aromatic rings. The average molecular weight is 472 g/mol. The van der Waals surface area contributed by atoms with E-state index in [1.807, 2.05) is 0 Å². The van der Waals surface area contributed by atoms with Crippen LogP contribution in [-0.4, -0.2) is 72.8 Å². The number of anilines is 1. The van der Waals surface area contributed by atoms with Crippen LogP contribution in [0.5, 0.6) is 0 Å². The number of aromatic nitrogens is 4. The Labute approximate surface area is 195 Å². The van der Waals surface area contributed by atoms with Crippen LogP contribution in [0.15, 0.2) is 30.6 Å². The van der Waals surface area contributed by atoms with Gasteiger partial charge in [-0.2, -0.15) is 9.97 Å². The Balaban J connectivity index is 1.37. The Morgan fingerprint density at radius 1 is 1.15 bits per heavy atom. The molecule has 1 aromatic carbocycles. The predicted molar refractivity (Wildman–Crippen MR) is 121 cm³/mol. The fraction of sp³-hybridized carbons (Fsp3) is 0.522. The van der Waals surface area contributed by atoms with Gasteiger partial charge in [0.1, 0.15) is 18.3 Å². The minimum Gasteiger partial charge on any atom is -0.394 e. The van der Waals surface area contributed by atoms with E-state index in [1.165, 1.54) is 23.9 Å². The first-order chi connectivity index (χ1) is 16.0. The number of benzene rings is 1. The number of halogens is 1. The van der Waals surface area contributed by atoms with E-state index in [-0.39, 0.29) is 10.7 Å². The lowest BCUT2D eigenvalue weighted by atomic mass is 9.69. The molecule has 4 heterocycles. The molecule has 0 bridgehead atoms. The summed E-state index contributed by atoms with van der Waals surface area (Å²) in [5.41, 5.74) is 3.95. The van der Waals surface area contributed by atoms with Crippen molar-refractivity contribution in [3.63, 3.8) is 0 Å². The smallest absolute Gasteiger partial charge is 0.226 e. The zero-order chi connectivity index (χ0) is 22.7. The summed E-state index contributed by atoms with van der Waals surface area (Å²) in [6.07, 6.45) is 1.72. The maximum atomic E-state index is 10.5. The molecule has 10 heteroatoms. The maximum absolute atomic E-state index is 10.5. The standard InChI is InChI=1S/C23H26ClN5O4/c24-22-26-19(28-9-8-23(11-28)7-3-5-13-4-1-2-6-14(13)23)16-20(27-22)29(12-25-16)21-18(32)17(31)15(10-30)33-21/h1-2,4,6,12,15,17-18,21,30-32H,3,5,7-11H2/t15-,17?,18?,21-,23?/m1/s1. The molecular formula is C23H26ClN5O4. The van der Waals surface area contributed by atoms with Crippen LogP contribution in [0, 0.1) is 0 Å². The number of fused-ring (bicyclic) bond motifs is 3. The van der Waals surface area contributed by atoms with Crippen LogP contribution in [0.25, 0.3) is 11.2 Å². The zero-order valence-electron chi connectivity index (χ0n) is 18.0. The molecular weight excluding hydrogens is 446 g/mol. The van der Waals surface area contributed by atoms with E-state index in [2.05, 4.69) is 44.1 Å². The van der Waals surface area contributed by atoms with Crippen LogP contribution in [0.1, 0.15) is 36.6 Å². The molecule has 2 aromatic heterocycles. The largest absolute Gasteiger partial charge is 0.394 e. The molecule has 9 nitrogen and oxygen atoms in total. The number of ether oxygens (including phenoxy) is 1. The van der Waals surface area contributed by atoms with Crippen molar-refractivity contribution in [1.29, 1.82) is 0 Å². The lowest BCUT2D eigenvalue weighted by molar-refractivity contribution is -0.0511. The van der Waals surface area contributed by atoms with Crippen LogP contribution in [0.4, 0.5) is 5.82 Å². The number of hydrogen-bond acceptors (Lipinski definition) is 8. The summed E-state index contributed by atoms with van der Waals surface area (Å²) >= 11 is 6.33. The quantitative estimate of drug-likeness (QED) is 0.493. The second-order valence-corrected chi connectivity index (χ2v) is 9.67. The number of rotatable bonds is 3. The normalized spacial score (nSPS) is 31.6. The van der Waals surface area contributed by atoms with Crippen molar-refractivity contribution in [2.45, 2.75) is 55.6 Å². The number of aliphatic hydroxyl groups is 3. The minimum absolute atomic E-state index is 0.0796. The molecule has 0 amide bonds. The molecule has 2 saturated heterocycles. The predicted octanol–water partition coefficient (Wildman–Crippen LogP) is 1.58. The van der Waals surface area contributed by atoms with Crippen molar-refractivity contribution in [2.75, 3.05) is 24.6 Å². The van der Waals surface area contributed by atoms with Crippen LogP contribution in [0.3, 0.4) is 0 Å². The molecule has 1 spiro atoms. The molecule has 1 aliphatic carbocycles. The Bertz CT molecular complexity index is 1200. The lowest BCUT2D eigenvalue weighted by Gasteiger charge is -2.36. The van der Waals surface area contributed by atoms with E-state index in [1.54, 1.807) is 4.57 Å². The number of nitrogens with zero attached hydrogens (tertiary/aromatic N) is 5. The second kappa shape index (κ2) is 7.89. The summed E-state index contributed by atoms with van der Waals surface area (Å²) in [4.78, 5) is 15.7. The van der Waals surface area contributed by atoms with Gasteiger partial charge < -0.3 is 25.0 Å². The Morgan fingerprint density at radius 2 is 2.00 bits per heavy atom. The average Bonchev–Trinajstić information content (AvgIpc) is 3.51. The van der Waals surface area contributed by atoms with Gasteiger partial charge in [0, 0.05) is 18.5 Å². The van der Waals surface area contributed by atoms with Gasteiger partial charge in [0.25, 0.3) is 0 Å². The van der Waals surface area contributed by atoms with Gasteiger partial charge in [-0.25, -0.2) is 4.98 Å². The highest BCUT2D eigenvalue weighted by molar-refractivity contribution is 6.28. The molecule has 3 N–H and O–H groups in total. The molecule has 3 aliphatic rings. The summed E-state index contributed by atoms with van der Waals surface area (Å²) in [6, 6.07) is 8.73. The fourth-order valence-corrected chi connectivity index (χ4v) is 6.04. The van der Waals surface area contributed by atoms with E-state index < -0.39 is 31.1 Å². The molecule has 5 atom stereocenters. The SMILES string of the molecule is OC[C@H]1O[C@@H](n2cnc3c(N4CCC5(CCCc6ccccc65)C4)nc(Cl)nc32)C(O)C1O. The van der Waals surface area contributed by atoms with E-state index in [0.717, 1.165) is 32.4 Å². The first-order valence-electron chi connectivity index (χ1n) is 11.4. The zero-order valence-corrected chi connectivity index (χ0v) is 18.8. The van der Waals surface area contributed by atoms with Crippen LogP contribution < -0.4 is 4.90 Å². The number of aliphatic hydroxyl groups excluding tert-OH is 3. The molecule has 3 unspecified atom stereocenters. The number of hydrogen-bond donors (Lipinski definition) is 3. The van der Waals surface area contributed by atoms with Gasteiger partial charge in [-0.15, -0.1) is 0 Å². The number of imidazole rings is 1. The van der Waals surface area contributed by atoms with E-state index in [4.69, 9.17) is 16.3 Å². The Morgan fingerprint density at radius 3 is 2.82 bits per heavy atom. The molecule has 33 heavy (non-hydrogen) atoms. The highest BCUT2D eigenvalue weighted by Gasteiger charge is 2.45. The van der Waals surface area contributed by atoms with Crippen molar-refractivity contribution in [2.24, 2.45) is 0 Å². The molecule has 0 radical (unpaired) electrons. The molecule has 6 rings (SSSR count). The highest BCUT2D eigenvalue weighted by atomic mass is 35.5. The van der Waals surface area contributed by atoms with Gasteiger partial charge in [-0.1, -0.05) is 24.3 Å².